The van der Waals surface area contributed by atoms with Crippen LogP contribution in [0.4, 0.5) is 0 Å². The number of carbonyl (C=O) groups is 1. The van der Waals surface area contributed by atoms with Crippen LogP contribution < -0.4 is 10.1 Å². The van der Waals surface area contributed by atoms with Gasteiger partial charge in [-0.15, -0.1) is 0 Å². The third-order valence-electron chi connectivity index (χ3n) is 2.88. The van der Waals surface area contributed by atoms with Gasteiger partial charge in [0.2, 0.25) is 5.91 Å². The minimum atomic E-state index is -0.0113. The number of nitrogens with one attached hydrogen (secondary N) is 1. The van der Waals surface area contributed by atoms with E-state index in [1.165, 1.54) is 0 Å². The van der Waals surface area contributed by atoms with Crippen LogP contribution in [-0.2, 0) is 4.79 Å². The Bertz CT molecular complexity index is 472. The molecule has 0 radical (unpaired) electrons. The van der Waals surface area contributed by atoms with Crippen LogP contribution >= 0.6 is 0 Å². The summed E-state index contributed by atoms with van der Waals surface area (Å²) in [7, 11) is 1.66. The van der Waals surface area contributed by atoms with E-state index in [0.717, 1.165) is 30.7 Å². The van der Waals surface area contributed by atoms with Crippen LogP contribution in [0, 0.1) is 5.92 Å². The van der Waals surface area contributed by atoms with E-state index < -0.39 is 0 Å². The number of hydrogen-bond donors (Lipinski definition) is 1. The zero-order valence-corrected chi connectivity index (χ0v) is 13.1. The number of amides is 1. The predicted octanol–water partition coefficient (Wildman–Crippen LogP) is 3.82. The number of hydrogen-bond acceptors (Lipinski definition) is 2. The molecule has 114 valence electrons. The van der Waals surface area contributed by atoms with Crippen molar-refractivity contribution in [1.29, 1.82) is 0 Å². The highest BCUT2D eigenvalue weighted by molar-refractivity contribution is 5.87. The SMILES string of the molecule is COc1ccc(C=CCCC=CC(=O)NCC(C)C)cc1. The van der Waals surface area contributed by atoms with Gasteiger partial charge in [-0.25, -0.2) is 0 Å². The van der Waals surface area contributed by atoms with Gasteiger partial charge in [0.05, 0.1) is 7.11 Å². The monoisotopic (exact) mass is 287 g/mol. The van der Waals surface area contributed by atoms with Gasteiger partial charge < -0.3 is 10.1 Å². The number of allylic oxidation sites excluding steroid dienone is 2. The van der Waals surface area contributed by atoms with E-state index in [1.54, 1.807) is 13.2 Å². The Balaban J connectivity index is 2.23. The molecular formula is C18H25NO2. The topological polar surface area (TPSA) is 38.3 Å². The van der Waals surface area contributed by atoms with E-state index >= 15 is 0 Å². The first-order chi connectivity index (χ1) is 10.1. The summed E-state index contributed by atoms with van der Waals surface area (Å²) in [5.41, 5.74) is 1.15. The molecule has 1 rings (SSSR count). The molecule has 21 heavy (non-hydrogen) atoms. The molecule has 3 heteroatoms. The second-order valence-electron chi connectivity index (χ2n) is 5.29. The summed E-state index contributed by atoms with van der Waals surface area (Å²) in [6.07, 6.45) is 9.49. The van der Waals surface area contributed by atoms with Gasteiger partial charge in [-0.3, -0.25) is 4.79 Å². The molecule has 0 aliphatic rings. The average Bonchev–Trinajstić information content (AvgIpc) is 2.49. The average molecular weight is 287 g/mol. The molecule has 1 N–H and O–H groups in total. The second-order valence-corrected chi connectivity index (χ2v) is 5.29. The molecule has 0 unspecified atom stereocenters. The highest BCUT2D eigenvalue weighted by Crippen LogP contribution is 2.12. The van der Waals surface area contributed by atoms with Crippen LogP contribution in [0.1, 0.15) is 32.3 Å². The quantitative estimate of drug-likeness (QED) is 0.583. The minimum absolute atomic E-state index is 0.0113. The standard InChI is InChI=1S/C18H25NO2/c1-15(2)14-19-18(20)9-7-5-4-6-8-16-10-12-17(21-3)13-11-16/h6-13,15H,4-5,14H2,1-3H3,(H,19,20). The van der Waals surface area contributed by atoms with Gasteiger partial charge in [0.25, 0.3) is 0 Å². The summed E-state index contributed by atoms with van der Waals surface area (Å²) in [4.78, 5) is 11.4. The van der Waals surface area contributed by atoms with Crippen LogP contribution in [0.5, 0.6) is 5.75 Å². The molecule has 0 atom stereocenters. The van der Waals surface area contributed by atoms with Crippen LogP contribution in [0.25, 0.3) is 6.08 Å². The van der Waals surface area contributed by atoms with E-state index in [-0.39, 0.29) is 5.91 Å². The highest BCUT2D eigenvalue weighted by Gasteiger charge is 1.96. The molecule has 1 aromatic carbocycles. The molecular weight excluding hydrogens is 262 g/mol. The molecule has 1 amide bonds. The summed E-state index contributed by atoms with van der Waals surface area (Å²) in [5.74, 6) is 1.33. The van der Waals surface area contributed by atoms with Gasteiger partial charge >= 0.3 is 0 Å². The fourth-order valence-corrected chi connectivity index (χ4v) is 1.68. The zero-order valence-electron chi connectivity index (χ0n) is 13.1. The van der Waals surface area contributed by atoms with Crippen LogP contribution in [-0.4, -0.2) is 19.6 Å². The lowest BCUT2D eigenvalue weighted by molar-refractivity contribution is -0.116. The maximum absolute atomic E-state index is 11.4. The molecule has 0 spiro atoms. The molecule has 0 bridgehead atoms. The number of unbranched alkanes of at least 4 members (excludes halogenated alkanes) is 1. The largest absolute Gasteiger partial charge is 0.497 e. The lowest BCUT2D eigenvalue weighted by Gasteiger charge is -2.03. The van der Waals surface area contributed by atoms with E-state index in [0.29, 0.717) is 5.92 Å². The van der Waals surface area contributed by atoms with Crippen molar-refractivity contribution in [2.75, 3.05) is 13.7 Å². The lowest BCUT2D eigenvalue weighted by Crippen LogP contribution is -2.25. The van der Waals surface area contributed by atoms with Crippen LogP contribution in [0.2, 0.25) is 0 Å². The molecule has 0 aliphatic heterocycles. The van der Waals surface area contributed by atoms with Crippen molar-refractivity contribution in [3.05, 3.63) is 48.1 Å². The third-order valence-corrected chi connectivity index (χ3v) is 2.88. The summed E-state index contributed by atoms with van der Waals surface area (Å²) in [6, 6.07) is 7.92. The number of rotatable bonds is 8. The predicted molar refractivity (Wildman–Crippen MR) is 88.2 cm³/mol. The number of ether oxygens (including phenoxy) is 1. The maximum Gasteiger partial charge on any atom is 0.243 e. The molecule has 0 saturated carbocycles. The maximum atomic E-state index is 11.4. The van der Waals surface area contributed by atoms with Crippen molar-refractivity contribution in [1.82, 2.24) is 5.32 Å². The van der Waals surface area contributed by atoms with Gasteiger partial charge in [-0.1, -0.05) is 44.2 Å². The van der Waals surface area contributed by atoms with Crippen molar-refractivity contribution >= 4 is 12.0 Å². The van der Waals surface area contributed by atoms with Gasteiger partial charge in [-0.05, 0) is 42.5 Å². The number of methoxy groups -OCH3 is 1. The first kappa shape index (κ1) is 17.0. The number of carbonyl (C=O) groups excluding carboxylic acids is 1. The Morgan fingerprint density at radius 3 is 2.48 bits per heavy atom. The van der Waals surface area contributed by atoms with Crippen LogP contribution in [0.15, 0.2) is 42.5 Å². The normalized spacial score (nSPS) is 11.4. The molecule has 1 aromatic rings. The Morgan fingerprint density at radius 1 is 1.19 bits per heavy atom. The lowest BCUT2D eigenvalue weighted by atomic mass is 10.2. The fourth-order valence-electron chi connectivity index (χ4n) is 1.68. The molecule has 0 heterocycles. The van der Waals surface area contributed by atoms with Crippen LogP contribution in [0.3, 0.4) is 0 Å². The molecule has 0 fully saturated rings. The fraction of sp³-hybridized carbons (Fsp3) is 0.389. The number of benzene rings is 1. The van der Waals surface area contributed by atoms with Gasteiger partial charge in [0, 0.05) is 6.54 Å². The van der Waals surface area contributed by atoms with Gasteiger partial charge in [0.15, 0.2) is 0 Å². The van der Waals surface area contributed by atoms with Crippen molar-refractivity contribution in [2.45, 2.75) is 26.7 Å². The van der Waals surface area contributed by atoms with Gasteiger partial charge in [0.1, 0.15) is 5.75 Å². The Kier molecular flexibility index (Phi) is 7.95. The summed E-state index contributed by atoms with van der Waals surface area (Å²) < 4.78 is 5.11. The Hall–Kier alpha value is -2.03. The van der Waals surface area contributed by atoms with Crippen molar-refractivity contribution in [2.24, 2.45) is 5.92 Å². The smallest absolute Gasteiger partial charge is 0.243 e. The molecule has 3 nitrogen and oxygen atoms in total. The van der Waals surface area contributed by atoms with Crippen molar-refractivity contribution in [3.8, 4) is 5.75 Å². The van der Waals surface area contributed by atoms with E-state index in [1.807, 2.05) is 30.3 Å². The summed E-state index contributed by atoms with van der Waals surface area (Å²) in [5, 5.41) is 2.85. The van der Waals surface area contributed by atoms with Crippen molar-refractivity contribution in [3.63, 3.8) is 0 Å². The second kappa shape index (κ2) is 9.81. The third kappa shape index (κ3) is 7.98. The summed E-state index contributed by atoms with van der Waals surface area (Å²) in [6.45, 7) is 4.88. The first-order valence-corrected chi connectivity index (χ1v) is 7.36. The van der Waals surface area contributed by atoms with E-state index in [2.05, 4.69) is 31.3 Å². The van der Waals surface area contributed by atoms with Gasteiger partial charge in [-0.2, -0.15) is 0 Å². The molecule has 0 aliphatic carbocycles. The summed E-state index contributed by atoms with van der Waals surface area (Å²) >= 11 is 0. The van der Waals surface area contributed by atoms with E-state index in [4.69, 9.17) is 4.74 Å². The minimum Gasteiger partial charge on any atom is -0.497 e. The first-order valence-electron chi connectivity index (χ1n) is 7.36. The van der Waals surface area contributed by atoms with Crippen molar-refractivity contribution < 1.29 is 9.53 Å². The zero-order chi connectivity index (χ0) is 15.5. The molecule has 0 saturated heterocycles. The Labute approximate surface area is 127 Å². The Morgan fingerprint density at radius 2 is 1.86 bits per heavy atom. The van der Waals surface area contributed by atoms with E-state index in [9.17, 15) is 4.79 Å². The molecule has 0 aromatic heterocycles. The highest BCUT2D eigenvalue weighted by atomic mass is 16.5.